The van der Waals surface area contributed by atoms with Crippen molar-refractivity contribution in [2.24, 2.45) is 0 Å². The van der Waals surface area contributed by atoms with E-state index in [1.165, 1.54) is 0 Å². The van der Waals surface area contributed by atoms with Gasteiger partial charge in [-0.2, -0.15) is 0 Å². The highest BCUT2D eigenvalue weighted by atomic mass is 16.5. The Kier molecular flexibility index (Phi) is 3.20. The second kappa shape index (κ2) is 4.66. The van der Waals surface area contributed by atoms with E-state index in [9.17, 15) is 4.79 Å². The zero-order valence-electron chi connectivity index (χ0n) is 10.1. The molecule has 0 amide bonds. The molecule has 0 saturated carbocycles. The number of carboxylic acids is 1. The Labute approximate surface area is 104 Å². The molecule has 96 valence electrons. The van der Waals surface area contributed by atoms with Crippen LogP contribution in [0.3, 0.4) is 0 Å². The van der Waals surface area contributed by atoms with Gasteiger partial charge in [0.25, 0.3) is 0 Å². The van der Waals surface area contributed by atoms with E-state index in [1.54, 1.807) is 38.3 Å². The Bertz CT molecular complexity index is 528. The third kappa shape index (κ3) is 2.60. The van der Waals surface area contributed by atoms with E-state index >= 15 is 0 Å². The lowest BCUT2D eigenvalue weighted by Gasteiger charge is -2.19. The average Bonchev–Trinajstić information content (AvgIpc) is 2.97. The highest BCUT2D eigenvalue weighted by Gasteiger charge is 2.26. The fraction of sp³-hybridized carbons (Fsp3) is 0.333. The molecular weight excluding hydrogens is 236 g/mol. The van der Waals surface area contributed by atoms with E-state index in [4.69, 9.17) is 14.0 Å². The van der Waals surface area contributed by atoms with Crippen LogP contribution in [-0.2, 0) is 11.3 Å². The second-order valence-electron chi connectivity index (χ2n) is 4.44. The van der Waals surface area contributed by atoms with Crippen molar-refractivity contribution in [2.45, 2.75) is 25.9 Å². The summed E-state index contributed by atoms with van der Waals surface area (Å²) in [7, 11) is 0. The van der Waals surface area contributed by atoms with Crippen molar-refractivity contribution in [1.82, 2.24) is 10.5 Å². The molecule has 0 aromatic carbocycles. The molecule has 0 spiro atoms. The van der Waals surface area contributed by atoms with Crippen LogP contribution in [-0.4, -0.2) is 21.8 Å². The van der Waals surface area contributed by atoms with Crippen molar-refractivity contribution < 1.29 is 18.8 Å². The van der Waals surface area contributed by atoms with Crippen LogP contribution in [0.15, 0.2) is 33.4 Å². The Hall–Kier alpha value is -2.08. The van der Waals surface area contributed by atoms with Gasteiger partial charge in [-0.15, -0.1) is 0 Å². The molecule has 2 aromatic rings. The summed E-state index contributed by atoms with van der Waals surface area (Å²) in [6.07, 6.45) is 1.54. The van der Waals surface area contributed by atoms with Crippen LogP contribution in [0.25, 0.3) is 11.5 Å². The summed E-state index contributed by atoms with van der Waals surface area (Å²) in [5, 5.41) is 15.7. The monoisotopic (exact) mass is 250 g/mol. The van der Waals surface area contributed by atoms with E-state index in [-0.39, 0.29) is 0 Å². The molecule has 18 heavy (non-hydrogen) atoms. The van der Waals surface area contributed by atoms with Crippen molar-refractivity contribution in [3.8, 4) is 11.5 Å². The Morgan fingerprint density at radius 3 is 2.89 bits per heavy atom. The van der Waals surface area contributed by atoms with E-state index in [0.717, 1.165) is 0 Å². The zero-order valence-corrected chi connectivity index (χ0v) is 10.1. The minimum absolute atomic E-state index is 0.309. The van der Waals surface area contributed by atoms with Crippen LogP contribution in [0.1, 0.15) is 19.5 Å². The number of carbonyl (C=O) groups is 1. The first-order valence-electron chi connectivity index (χ1n) is 5.47. The molecule has 0 aliphatic rings. The lowest BCUT2D eigenvalue weighted by atomic mass is 10.1. The highest BCUT2D eigenvalue weighted by molar-refractivity contribution is 5.77. The number of furan rings is 1. The van der Waals surface area contributed by atoms with Crippen LogP contribution < -0.4 is 5.32 Å². The van der Waals surface area contributed by atoms with Crippen molar-refractivity contribution >= 4 is 5.97 Å². The fourth-order valence-electron chi connectivity index (χ4n) is 1.32. The zero-order chi connectivity index (χ0) is 13.2. The third-order valence-electron chi connectivity index (χ3n) is 2.57. The molecular formula is C12H14N2O4. The first kappa shape index (κ1) is 12.4. The minimum atomic E-state index is -1.01. The maximum Gasteiger partial charge on any atom is 0.323 e. The summed E-state index contributed by atoms with van der Waals surface area (Å²) >= 11 is 0. The van der Waals surface area contributed by atoms with Crippen LogP contribution in [0.5, 0.6) is 0 Å². The van der Waals surface area contributed by atoms with Crippen molar-refractivity contribution in [3.05, 3.63) is 30.2 Å². The molecule has 0 aliphatic carbocycles. The molecule has 0 bridgehead atoms. The molecule has 0 unspecified atom stereocenters. The number of rotatable bonds is 5. The minimum Gasteiger partial charge on any atom is -0.480 e. The van der Waals surface area contributed by atoms with Gasteiger partial charge in [-0.05, 0) is 26.0 Å². The van der Waals surface area contributed by atoms with Gasteiger partial charge in [0, 0.05) is 12.6 Å². The number of aliphatic carboxylic acids is 1. The SMILES string of the molecule is CC(C)(NCc1cc(-c2ccco2)on1)C(=O)O. The highest BCUT2D eigenvalue weighted by Crippen LogP contribution is 2.20. The van der Waals surface area contributed by atoms with Gasteiger partial charge in [0.2, 0.25) is 5.76 Å². The summed E-state index contributed by atoms with van der Waals surface area (Å²) in [6, 6.07) is 5.23. The molecule has 2 N–H and O–H groups in total. The van der Waals surface area contributed by atoms with Crippen LogP contribution >= 0.6 is 0 Å². The quantitative estimate of drug-likeness (QED) is 0.842. The molecule has 0 atom stereocenters. The maximum absolute atomic E-state index is 10.9. The van der Waals surface area contributed by atoms with Gasteiger partial charge < -0.3 is 14.0 Å². The van der Waals surface area contributed by atoms with E-state index in [0.29, 0.717) is 23.8 Å². The summed E-state index contributed by atoms with van der Waals surface area (Å²) in [4.78, 5) is 10.9. The third-order valence-corrected chi connectivity index (χ3v) is 2.57. The Balaban J connectivity index is 2.02. The molecule has 0 aliphatic heterocycles. The van der Waals surface area contributed by atoms with Crippen LogP contribution in [0.2, 0.25) is 0 Å². The number of aromatic nitrogens is 1. The average molecular weight is 250 g/mol. The smallest absolute Gasteiger partial charge is 0.323 e. The maximum atomic E-state index is 10.9. The lowest BCUT2D eigenvalue weighted by Crippen LogP contribution is -2.46. The number of hydrogen-bond donors (Lipinski definition) is 2. The van der Waals surface area contributed by atoms with Gasteiger partial charge in [-0.1, -0.05) is 5.16 Å². The van der Waals surface area contributed by atoms with Gasteiger partial charge in [-0.3, -0.25) is 10.1 Å². The van der Waals surface area contributed by atoms with Gasteiger partial charge in [0.15, 0.2) is 5.76 Å². The standard InChI is InChI=1S/C12H14N2O4/c1-12(2,11(15)16)13-7-8-6-10(18-14-8)9-4-3-5-17-9/h3-6,13H,7H2,1-2H3,(H,15,16). The largest absolute Gasteiger partial charge is 0.480 e. The van der Waals surface area contributed by atoms with Gasteiger partial charge >= 0.3 is 5.97 Å². The van der Waals surface area contributed by atoms with Crippen molar-refractivity contribution in [1.29, 1.82) is 0 Å². The van der Waals surface area contributed by atoms with Crippen LogP contribution in [0.4, 0.5) is 0 Å². The molecule has 2 aromatic heterocycles. The first-order valence-corrected chi connectivity index (χ1v) is 5.47. The second-order valence-corrected chi connectivity index (χ2v) is 4.44. The number of nitrogens with one attached hydrogen (secondary N) is 1. The molecule has 0 radical (unpaired) electrons. The summed E-state index contributed by atoms with van der Waals surface area (Å²) in [5.74, 6) is 0.188. The van der Waals surface area contributed by atoms with Crippen LogP contribution in [0, 0.1) is 0 Å². The fourth-order valence-corrected chi connectivity index (χ4v) is 1.32. The summed E-state index contributed by atoms with van der Waals surface area (Å²) in [5.41, 5.74) is -0.389. The van der Waals surface area contributed by atoms with Crippen molar-refractivity contribution in [2.75, 3.05) is 0 Å². The summed E-state index contributed by atoms with van der Waals surface area (Å²) in [6.45, 7) is 3.48. The Morgan fingerprint density at radius 1 is 1.50 bits per heavy atom. The molecule has 2 rings (SSSR count). The Morgan fingerprint density at radius 2 is 2.28 bits per heavy atom. The molecule has 6 heteroatoms. The number of carboxylic acid groups (broad SMARTS) is 1. The normalized spacial score (nSPS) is 11.7. The molecule has 2 heterocycles. The number of hydrogen-bond acceptors (Lipinski definition) is 5. The predicted octanol–water partition coefficient (Wildman–Crippen LogP) is 1.89. The molecule has 0 saturated heterocycles. The van der Waals surface area contributed by atoms with Gasteiger partial charge in [0.05, 0.1) is 12.0 Å². The summed E-state index contributed by atoms with van der Waals surface area (Å²) < 4.78 is 10.3. The van der Waals surface area contributed by atoms with Crippen molar-refractivity contribution in [3.63, 3.8) is 0 Å². The van der Waals surface area contributed by atoms with E-state index in [1.807, 2.05) is 0 Å². The molecule has 6 nitrogen and oxygen atoms in total. The molecule has 0 fully saturated rings. The topological polar surface area (TPSA) is 88.5 Å². The van der Waals surface area contributed by atoms with Gasteiger partial charge in [-0.25, -0.2) is 0 Å². The van der Waals surface area contributed by atoms with E-state index in [2.05, 4.69) is 10.5 Å². The number of nitrogens with zero attached hydrogens (tertiary/aromatic N) is 1. The van der Waals surface area contributed by atoms with E-state index < -0.39 is 11.5 Å². The lowest BCUT2D eigenvalue weighted by molar-refractivity contribution is -0.143. The predicted molar refractivity (Wildman–Crippen MR) is 62.8 cm³/mol. The van der Waals surface area contributed by atoms with Gasteiger partial charge in [0.1, 0.15) is 5.54 Å². The first-order chi connectivity index (χ1) is 8.49.